The molecule has 0 amide bonds. The normalized spacial score (nSPS) is 15.0. The van der Waals surface area contributed by atoms with Crippen LogP contribution < -0.4 is 5.32 Å². The van der Waals surface area contributed by atoms with Crippen molar-refractivity contribution in [2.24, 2.45) is 9.98 Å². The first kappa shape index (κ1) is 24.6. The van der Waals surface area contributed by atoms with Gasteiger partial charge >= 0.3 is 0 Å². The molecule has 8 aromatic rings. The lowest BCUT2D eigenvalue weighted by Crippen LogP contribution is -2.37. The summed E-state index contributed by atoms with van der Waals surface area (Å²) >= 11 is 0. The van der Waals surface area contributed by atoms with E-state index in [0.717, 1.165) is 44.7 Å². The van der Waals surface area contributed by atoms with Crippen molar-refractivity contribution in [2.45, 2.75) is 6.17 Å². The molecule has 0 aliphatic carbocycles. The maximum atomic E-state index is 5.23. The highest BCUT2D eigenvalue weighted by molar-refractivity contribution is 6.27. The molecule has 3 heterocycles. The summed E-state index contributed by atoms with van der Waals surface area (Å²) in [6.45, 7) is 0. The standard InChI is InChI=1S/C39H27N5/c1-4-15-27(16-5-1)37-40-38(28-17-6-2-7-18-28)42-39(41-37)44-33-23-13-12-22-31(33)35-36(44)32-25-24-26-14-10-11-21-30(26)34(32)43(35)29-19-8-3-9-20-29/h1-25,37H,(H,40,41,42). The first-order chi connectivity index (χ1) is 21.8. The monoisotopic (exact) mass is 565 g/mol. The third kappa shape index (κ3) is 3.73. The Morgan fingerprint density at radius 1 is 0.500 bits per heavy atom. The Morgan fingerprint density at radius 2 is 1.14 bits per heavy atom. The summed E-state index contributed by atoms with van der Waals surface area (Å²) in [6, 6.07) is 53.1. The molecule has 0 bridgehead atoms. The lowest BCUT2D eigenvalue weighted by molar-refractivity contribution is 0.661. The summed E-state index contributed by atoms with van der Waals surface area (Å²) in [4.78, 5) is 10.3. The fraction of sp³-hybridized carbons (Fsp3) is 0.0256. The smallest absolute Gasteiger partial charge is 0.212 e. The molecule has 0 saturated heterocycles. The van der Waals surface area contributed by atoms with E-state index in [2.05, 4.69) is 142 Å². The summed E-state index contributed by atoms with van der Waals surface area (Å²) in [5.74, 6) is 1.45. The van der Waals surface area contributed by atoms with Crippen LogP contribution in [0.15, 0.2) is 162 Å². The van der Waals surface area contributed by atoms with Gasteiger partial charge in [-0.2, -0.15) is 4.99 Å². The maximum absolute atomic E-state index is 5.23. The summed E-state index contributed by atoms with van der Waals surface area (Å²) < 4.78 is 4.73. The van der Waals surface area contributed by atoms with Gasteiger partial charge in [-0.15, -0.1) is 0 Å². The van der Waals surface area contributed by atoms with Gasteiger partial charge in [-0.25, -0.2) is 4.99 Å². The van der Waals surface area contributed by atoms with E-state index in [1.807, 2.05) is 24.3 Å². The molecular formula is C39H27N5. The van der Waals surface area contributed by atoms with Crippen molar-refractivity contribution in [1.29, 1.82) is 0 Å². The van der Waals surface area contributed by atoms with Crippen LogP contribution in [0.25, 0.3) is 49.3 Å². The van der Waals surface area contributed by atoms with Crippen molar-refractivity contribution in [2.75, 3.05) is 0 Å². The van der Waals surface area contributed by atoms with Crippen molar-refractivity contribution in [3.05, 3.63) is 163 Å². The largest absolute Gasteiger partial charge is 0.330 e. The molecular weight excluding hydrogens is 538 g/mol. The number of rotatable bonds is 3. The van der Waals surface area contributed by atoms with E-state index in [-0.39, 0.29) is 6.17 Å². The van der Waals surface area contributed by atoms with Crippen molar-refractivity contribution in [1.82, 2.24) is 14.5 Å². The van der Waals surface area contributed by atoms with E-state index in [0.29, 0.717) is 5.84 Å². The quantitative estimate of drug-likeness (QED) is 0.229. The number of amidine groups is 1. The first-order valence-electron chi connectivity index (χ1n) is 14.9. The number of fused-ring (bicyclic) bond motifs is 7. The lowest BCUT2D eigenvalue weighted by atomic mass is 10.1. The van der Waals surface area contributed by atoms with Gasteiger partial charge in [-0.1, -0.05) is 133 Å². The van der Waals surface area contributed by atoms with Gasteiger partial charge in [0.1, 0.15) is 6.17 Å². The molecule has 2 aromatic heterocycles. The molecule has 5 nitrogen and oxygen atoms in total. The highest BCUT2D eigenvalue weighted by Gasteiger charge is 2.28. The van der Waals surface area contributed by atoms with Crippen molar-refractivity contribution in [3.63, 3.8) is 0 Å². The highest BCUT2D eigenvalue weighted by atomic mass is 15.3. The van der Waals surface area contributed by atoms with Gasteiger partial charge in [0.05, 0.1) is 22.1 Å². The van der Waals surface area contributed by atoms with E-state index >= 15 is 0 Å². The van der Waals surface area contributed by atoms with Crippen molar-refractivity contribution in [3.8, 4) is 5.69 Å². The van der Waals surface area contributed by atoms with Gasteiger partial charge in [0, 0.05) is 27.4 Å². The second-order valence-corrected chi connectivity index (χ2v) is 11.1. The third-order valence-electron chi connectivity index (χ3n) is 8.55. The Balaban J connectivity index is 1.41. The summed E-state index contributed by atoms with van der Waals surface area (Å²) in [7, 11) is 0. The van der Waals surface area contributed by atoms with E-state index in [4.69, 9.17) is 9.98 Å². The molecule has 1 unspecified atom stereocenters. The average Bonchev–Trinajstić information content (AvgIpc) is 3.62. The fourth-order valence-corrected chi connectivity index (χ4v) is 6.62. The van der Waals surface area contributed by atoms with E-state index in [1.165, 1.54) is 21.7 Å². The molecule has 1 aliphatic heterocycles. The number of nitrogens with one attached hydrogen (secondary N) is 1. The Bertz CT molecular complexity index is 2400. The molecule has 44 heavy (non-hydrogen) atoms. The minimum atomic E-state index is -0.293. The van der Waals surface area contributed by atoms with Gasteiger partial charge in [0.2, 0.25) is 5.96 Å². The van der Waals surface area contributed by atoms with Crippen LogP contribution in [0.1, 0.15) is 17.3 Å². The number of hydrogen-bond donors (Lipinski definition) is 1. The molecule has 0 spiro atoms. The Morgan fingerprint density at radius 3 is 1.93 bits per heavy atom. The van der Waals surface area contributed by atoms with Crippen LogP contribution in [-0.2, 0) is 0 Å². The molecule has 0 saturated carbocycles. The topological polar surface area (TPSA) is 46.6 Å². The van der Waals surface area contributed by atoms with Crippen LogP contribution in [0.2, 0.25) is 0 Å². The Kier molecular flexibility index (Phi) is 5.50. The zero-order chi connectivity index (χ0) is 29.0. The molecule has 0 radical (unpaired) electrons. The van der Waals surface area contributed by atoms with Gasteiger partial charge in [0.25, 0.3) is 0 Å². The minimum Gasteiger partial charge on any atom is -0.330 e. The average molecular weight is 566 g/mol. The SMILES string of the molecule is c1ccc(C2=NC(c3ccccc3)NC(n3c4ccccc4c4c3c3ccc5ccccc5c3n4-c3ccccc3)=N2)cc1. The number of benzene rings is 6. The van der Waals surface area contributed by atoms with E-state index < -0.39 is 0 Å². The van der Waals surface area contributed by atoms with Crippen LogP contribution in [0, 0.1) is 0 Å². The minimum absolute atomic E-state index is 0.293. The summed E-state index contributed by atoms with van der Waals surface area (Å²) in [5, 5.41) is 8.48. The van der Waals surface area contributed by atoms with Crippen LogP contribution in [0.4, 0.5) is 0 Å². The van der Waals surface area contributed by atoms with Gasteiger partial charge in [-0.3, -0.25) is 4.57 Å². The maximum Gasteiger partial charge on any atom is 0.212 e. The van der Waals surface area contributed by atoms with E-state index in [1.54, 1.807) is 0 Å². The van der Waals surface area contributed by atoms with Crippen LogP contribution in [0.3, 0.4) is 0 Å². The lowest BCUT2D eigenvalue weighted by Gasteiger charge is -2.24. The van der Waals surface area contributed by atoms with Gasteiger partial charge in [-0.05, 0) is 29.1 Å². The predicted molar refractivity (Wildman–Crippen MR) is 182 cm³/mol. The number of aliphatic imine (C=N–C) groups is 2. The number of para-hydroxylation sites is 2. The Hall–Kier alpha value is -5.94. The van der Waals surface area contributed by atoms with Crippen LogP contribution in [-0.4, -0.2) is 20.9 Å². The van der Waals surface area contributed by atoms with Gasteiger partial charge in [0.15, 0.2) is 5.84 Å². The molecule has 6 aromatic carbocycles. The highest BCUT2D eigenvalue weighted by Crippen LogP contribution is 2.41. The molecule has 9 rings (SSSR count). The third-order valence-corrected chi connectivity index (χ3v) is 8.55. The first-order valence-corrected chi connectivity index (χ1v) is 14.9. The number of hydrogen-bond acceptors (Lipinski definition) is 3. The number of nitrogens with zero attached hydrogens (tertiary/aromatic N) is 4. The molecule has 208 valence electrons. The zero-order valence-corrected chi connectivity index (χ0v) is 23.8. The summed E-state index contributed by atoms with van der Waals surface area (Å²) in [5.41, 5.74) is 7.73. The summed E-state index contributed by atoms with van der Waals surface area (Å²) in [6.07, 6.45) is -0.293. The Labute approximate surface area is 254 Å². The second-order valence-electron chi connectivity index (χ2n) is 11.1. The molecule has 5 heteroatoms. The van der Waals surface area contributed by atoms with Crippen LogP contribution >= 0.6 is 0 Å². The fourth-order valence-electron chi connectivity index (χ4n) is 6.62. The second kappa shape index (κ2) is 9.82. The van der Waals surface area contributed by atoms with Crippen LogP contribution in [0.5, 0.6) is 0 Å². The number of aromatic nitrogens is 2. The van der Waals surface area contributed by atoms with Crippen molar-refractivity contribution < 1.29 is 0 Å². The molecule has 1 N–H and O–H groups in total. The predicted octanol–water partition coefficient (Wildman–Crippen LogP) is 8.84. The zero-order valence-electron chi connectivity index (χ0n) is 23.8. The molecule has 1 aliphatic rings. The van der Waals surface area contributed by atoms with Gasteiger partial charge < -0.3 is 9.88 Å². The van der Waals surface area contributed by atoms with Crippen molar-refractivity contribution >= 4 is 55.4 Å². The van der Waals surface area contributed by atoms with E-state index in [9.17, 15) is 0 Å². The molecule has 0 fully saturated rings. The molecule has 1 atom stereocenters.